The van der Waals surface area contributed by atoms with Gasteiger partial charge in [0.2, 0.25) is 10.0 Å². The van der Waals surface area contributed by atoms with Crippen LogP contribution < -0.4 is 14.2 Å². The van der Waals surface area contributed by atoms with Gasteiger partial charge in [0, 0.05) is 23.8 Å². The summed E-state index contributed by atoms with van der Waals surface area (Å²) in [6.45, 7) is -0.000435. The molecule has 0 spiro atoms. The van der Waals surface area contributed by atoms with Gasteiger partial charge in [0.1, 0.15) is 18.0 Å². The van der Waals surface area contributed by atoms with Gasteiger partial charge in [-0.2, -0.15) is 4.72 Å². The van der Waals surface area contributed by atoms with Gasteiger partial charge in [-0.15, -0.1) is 0 Å². The van der Waals surface area contributed by atoms with Crippen LogP contribution in [0.1, 0.15) is 17.5 Å². The lowest BCUT2D eigenvalue weighted by molar-refractivity contribution is -0.139. The van der Waals surface area contributed by atoms with E-state index in [1.807, 2.05) is 30.3 Å². The number of carbonyl (C=O) groups is 1. The Morgan fingerprint density at radius 2 is 1.76 bits per heavy atom. The molecule has 0 radical (unpaired) electrons. The molecule has 0 aromatic heterocycles. The predicted molar refractivity (Wildman–Crippen MR) is 124 cm³/mol. The lowest BCUT2D eigenvalue weighted by Crippen LogP contribution is -2.30. The van der Waals surface area contributed by atoms with Crippen molar-refractivity contribution in [1.82, 2.24) is 4.72 Å². The third-order valence-corrected chi connectivity index (χ3v) is 6.51. The highest BCUT2D eigenvalue weighted by atomic mass is 32.2. The first kappa shape index (κ1) is 24.5. The number of aliphatic hydroxyl groups is 1. The molecule has 0 saturated carbocycles. The summed E-state index contributed by atoms with van der Waals surface area (Å²) in [6, 6.07) is 16.1. The van der Waals surface area contributed by atoms with Crippen LogP contribution in [0.5, 0.6) is 11.5 Å². The summed E-state index contributed by atoms with van der Waals surface area (Å²) in [4.78, 5) is 11.3. The molecule has 2 N–H and O–H groups in total. The van der Waals surface area contributed by atoms with Gasteiger partial charge in [-0.25, -0.2) is 8.42 Å². The first-order valence-corrected chi connectivity index (χ1v) is 11.9. The molecule has 0 unspecified atom stereocenters. The van der Waals surface area contributed by atoms with E-state index < -0.39 is 22.5 Å². The van der Waals surface area contributed by atoms with Crippen molar-refractivity contribution in [3.05, 3.63) is 65.7 Å². The second-order valence-electron chi connectivity index (χ2n) is 7.25. The Labute approximate surface area is 193 Å². The molecule has 8 nitrogen and oxygen atoms in total. The minimum atomic E-state index is -3.83. The fourth-order valence-electron chi connectivity index (χ4n) is 3.43. The Morgan fingerprint density at radius 3 is 2.42 bits per heavy atom. The van der Waals surface area contributed by atoms with Crippen molar-refractivity contribution in [2.24, 2.45) is 0 Å². The molecular weight excluding hydrogens is 446 g/mol. The van der Waals surface area contributed by atoms with E-state index in [1.54, 1.807) is 19.2 Å². The van der Waals surface area contributed by atoms with Gasteiger partial charge < -0.3 is 19.3 Å². The van der Waals surface area contributed by atoms with Crippen molar-refractivity contribution < 1.29 is 32.5 Å². The standard InChI is InChI=1S/C24H27NO7S/c1-30-21-12-9-18(24-20(21)5-3-6-22(24)32-14-4-13-26)15-17-7-10-19(11-8-17)33(28,29)25-16-23(27)31-2/h3,5-12,25-26H,4,13-16H2,1-2H3. The van der Waals surface area contributed by atoms with Crippen molar-refractivity contribution in [1.29, 1.82) is 0 Å². The number of fused-ring (bicyclic) bond motifs is 1. The Hall–Kier alpha value is -3.14. The van der Waals surface area contributed by atoms with Crippen molar-refractivity contribution in [3.63, 3.8) is 0 Å². The van der Waals surface area contributed by atoms with Crippen LogP contribution in [-0.4, -0.2) is 53.5 Å². The first-order valence-electron chi connectivity index (χ1n) is 10.4. The summed E-state index contributed by atoms with van der Waals surface area (Å²) in [5.74, 6) is 0.749. The summed E-state index contributed by atoms with van der Waals surface area (Å²) in [5.41, 5.74) is 1.89. The maximum absolute atomic E-state index is 12.4. The third kappa shape index (κ3) is 6.01. The quantitative estimate of drug-likeness (QED) is 0.325. The number of methoxy groups -OCH3 is 2. The van der Waals surface area contributed by atoms with E-state index in [9.17, 15) is 13.2 Å². The van der Waals surface area contributed by atoms with Crippen molar-refractivity contribution >= 4 is 26.8 Å². The van der Waals surface area contributed by atoms with Gasteiger partial charge >= 0.3 is 5.97 Å². The molecule has 176 valence electrons. The molecule has 3 aromatic rings. The lowest BCUT2D eigenvalue weighted by atomic mass is 9.97. The number of hydrogen-bond donors (Lipinski definition) is 2. The van der Waals surface area contributed by atoms with Crippen LogP contribution in [0.25, 0.3) is 10.8 Å². The fraction of sp³-hybridized carbons (Fsp3) is 0.292. The molecule has 0 heterocycles. The number of benzene rings is 3. The summed E-state index contributed by atoms with van der Waals surface area (Å²) in [6.07, 6.45) is 1.06. The molecular formula is C24H27NO7S. The van der Waals surface area contributed by atoms with Gasteiger partial charge in [-0.05, 0) is 41.8 Å². The van der Waals surface area contributed by atoms with E-state index in [2.05, 4.69) is 9.46 Å². The lowest BCUT2D eigenvalue weighted by Gasteiger charge is -2.15. The normalized spacial score (nSPS) is 11.4. The van der Waals surface area contributed by atoms with Crippen molar-refractivity contribution in [3.8, 4) is 11.5 Å². The van der Waals surface area contributed by atoms with Crippen LogP contribution in [0.4, 0.5) is 0 Å². The minimum Gasteiger partial charge on any atom is -0.496 e. The largest absolute Gasteiger partial charge is 0.496 e. The number of aliphatic hydroxyl groups excluding tert-OH is 1. The molecule has 33 heavy (non-hydrogen) atoms. The molecule has 9 heteroatoms. The van der Waals surface area contributed by atoms with E-state index in [0.717, 1.165) is 27.6 Å². The topological polar surface area (TPSA) is 111 Å². The van der Waals surface area contributed by atoms with E-state index in [4.69, 9.17) is 14.6 Å². The summed E-state index contributed by atoms with van der Waals surface area (Å²) in [5, 5.41) is 10.9. The maximum atomic E-state index is 12.4. The van der Waals surface area contributed by atoms with Crippen LogP contribution in [0.2, 0.25) is 0 Å². The molecule has 0 saturated heterocycles. The van der Waals surface area contributed by atoms with Gasteiger partial charge in [-0.3, -0.25) is 4.79 Å². The number of nitrogens with one attached hydrogen (secondary N) is 1. The second-order valence-corrected chi connectivity index (χ2v) is 9.02. The first-order chi connectivity index (χ1) is 15.9. The fourth-order valence-corrected chi connectivity index (χ4v) is 4.39. The number of ether oxygens (including phenoxy) is 3. The third-order valence-electron chi connectivity index (χ3n) is 5.09. The average Bonchev–Trinajstić information content (AvgIpc) is 2.83. The maximum Gasteiger partial charge on any atom is 0.320 e. The van der Waals surface area contributed by atoms with Crippen LogP contribution in [0.15, 0.2) is 59.5 Å². The van der Waals surface area contributed by atoms with Crippen LogP contribution in [0, 0.1) is 0 Å². The zero-order valence-electron chi connectivity index (χ0n) is 18.5. The minimum absolute atomic E-state index is 0.0463. The van der Waals surface area contributed by atoms with E-state index >= 15 is 0 Å². The highest BCUT2D eigenvalue weighted by Crippen LogP contribution is 2.36. The van der Waals surface area contributed by atoms with Crippen LogP contribution >= 0.6 is 0 Å². The van der Waals surface area contributed by atoms with Crippen LogP contribution in [0.3, 0.4) is 0 Å². The predicted octanol–water partition coefficient (Wildman–Crippen LogP) is 2.65. The smallest absolute Gasteiger partial charge is 0.320 e. The van der Waals surface area contributed by atoms with Gasteiger partial charge in [-0.1, -0.05) is 30.3 Å². The summed E-state index contributed by atoms with van der Waals surface area (Å²) >= 11 is 0. The monoisotopic (exact) mass is 473 g/mol. The van der Waals surface area contributed by atoms with E-state index in [1.165, 1.54) is 19.2 Å². The van der Waals surface area contributed by atoms with Gasteiger partial charge in [0.15, 0.2) is 0 Å². The van der Waals surface area contributed by atoms with Crippen molar-refractivity contribution in [2.75, 3.05) is 34.0 Å². The summed E-state index contributed by atoms with van der Waals surface area (Å²) < 4.78 is 42.8. The molecule has 0 aliphatic rings. The summed E-state index contributed by atoms with van der Waals surface area (Å²) in [7, 11) is -1.02. The van der Waals surface area contributed by atoms with E-state index in [-0.39, 0.29) is 11.5 Å². The Morgan fingerprint density at radius 1 is 1.00 bits per heavy atom. The molecule has 0 aliphatic heterocycles. The zero-order valence-corrected chi connectivity index (χ0v) is 19.4. The van der Waals surface area contributed by atoms with Crippen molar-refractivity contribution in [2.45, 2.75) is 17.7 Å². The number of sulfonamides is 1. The second kappa shape index (κ2) is 11.1. The molecule has 0 fully saturated rings. The van der Waals surface area contributed by atoms with E-state index in [0.29, 0.717) is 25.2 Å². The SMILES string of the molecule is COC(=O)CNS(=O)(=O)c1ccc(Cc2ccc(OC)c3cccc(OCCCO)c23)cc1. The highest BCUT2D eigenvalue weighted by Gasteiger charge is 2.16. The Bertz CT molecular complexity index is 1210. The highest BCUT2D eigenvalue weighted by molar-refractivity contribution is 7.89. The zero-order chi connectivity index (χ0) is 23.8. The van der Waals surface area contributed by atoms with Gasteiger partial charge in [0.25, 0.3) is 0 Å². The molecule has 3 rings (SSSR count). The number of hydrogen-bond acceptors (Lipinski definition) is 7. The Kier molecular flexibility index (Phi) is 8.26. The average molecular weight is 474 g/mol. The number of carbonyl (C=O) groups excluding carboxylic acids is 1. The number of esters is 1. The molecule has 0 bridgehead atoms. The molecule has 3 aromatic carbocycles. The molecule has 0 atom stereocenters. The van der Waals surface area contributed by atoms with Crippen LogP contribution in [-0.2, 0) is 26.0 Å². The molecule has 0 amide bonds. The van der Waals surface area contributed by atoms with Gasteiger partial charge in [0.05, 0.1) is 25.7 Å². The number of rotatable bonds is 11. The molecule has 0 aliphatic carbocycles. The Balaban J connectivity index is 1.89.